The van der Waals surface area contributed by atoms with Gasteiger partial charge in [0.15, 0.2) is 9.84 Å². The van der Waals surface area contributed by atoms with Gasteiger partial charge in [-0.3, -0.25) is 4.98 Å². The SMILES string of the molecule is CCC(N)=NC(=O)N1CCC2C(COc3ccc(-c4ccc(S(C)(=O)=O)cc4)nc3)C2C1. The quantitative estimate of drug-likeness (QED) is 0.528. The average molecular weight is 457 g/mol. The van der Waals surface area contributed by atoms with E-state index in [0.717, 1.165) is 17.7 Å². The highest BCUT2D eigenvalue weighted by Gasteiger charge is 2.53. The van der Waals surface area contributed by atoms with Crippen molar-refractivity contribution in [2.75, 3.05) is 26.0 Å². The van der Waals surface area contributed by atoms with Gasteiger partial charge >= 0.3 is 6.03 Å². The summed E-state index contributed by atoms with van der Waals surface area (Å²) < 4.78 is 29.2. The van der Waals surface area contributed by atoms with E-state index in [1.54, 1.807) is 35.4 Å². The van der Waals surface area contributed by atoms with Crippen LogP contribution in [0.4, 0.5) is 4.79 Å². The third-order valence-electron chi connectivity index (χ3n) is 6.30. The minimum atomic E-state index is -3.22. The molecule has 2 aliphatic rings. The van der Waals surface area contributed by atoms with Gasteiger partial charge in [0.1, 0.15) is 11.6 Å². The van der Waals surface area contributed by atoms with Crippen LogP contribution in [-0.2, 0) is 9.84 Å². The summed E-state index contributed by atoms with van der Waals surface area (Å²) in [4.78, 5) is 22.7. The molecule has 2 N–H and O–H groups in total. The minimum Gasteiger partial charge on any atom is -0.492 e. The number of ether oxygens (including phenoxy) is 1. The first-order valence-corrected chi connectivity index (χ1v) is 12.7. The highest BCUT2D eigenvalue weighted by atomic mass is 32.2. The van der Waals surface area contributed by atoms with E-state index in [9.17, 15) is 13.2 Å². The second-order valence-electron chi connectivity index (χ2n) is 8.45. The standard InChI is InChI=1S/C23H28N4O4S/c1-3-22(24)26-23(28)27-11-10-18-19(13-27)20(18)14-31-16-6-9-21(25-12-16)15-4-7-17(8-5-15)32(2,29)30/h4-9,12,18-20H,3,10-11,13-14H2,1-2H3,(H2,24,26,28). The van der Waals surface area contributed by atoms with Crippen LogP contribution in [-0.4, -0.2) is 56.1 Å². The Kier molecular flexibility index (Phi) is 6.19. The van der Waals surface area contributed by atoms with E-state index in [0.29, 0.717) is 55.5 Å². The lowest BCUT2D eigenvalue weighted by molar-refractivity contribution is 0.193. The molecule has 1 saturated carbocycles. The fourth-order valence-electron chi connectivity index (χ4n) is 4.27. The molecule has 2 amide bonds. The van der Waals surface area contributed by atoms with Crippen LogP contribution < -0.4 is 10.5 Å². The van der Waals surface area contributed by atoms with Gasteiger partial charge in [0.05, 0.1) is 23.4 Å². The maximum atomic E-state index is 12.2. The summed E-state index contributed by atoms with van der Waals surface area (Å²) in [5.74, 6) is 2.54. The van der Waals surface area contributed by atoms with Gasteiger partial charge in [0.2, 0.25) is 0 Å². The number of nitrogens with zero attached hydrogens (tertiary/aromatic N) is 3. The van der Waals surface area contributed by atoms with Crippen LogP contribution in [0.1, 0.15) is 19.8 Å². The number of amides is 2. The number of benzene rings is 1. The molecule has 1 aliphatic carbocycles. The van der Waals surface area contributed by atoms with Crippen molar-refractivity contribution in [2.24, 2.45) is 28.5 Å². The number of rotatable bonds is 6. The molecule has 4 rings (SSSR count). The number of nitrogens with two attached hydrogens (primary N) is 1. The van der Waals surface area contributed by atoms with E-state index in [2.05, 4.69) is 9.98 Å². The summed E-state index contributed by atoms with van der Waals surface area (Å²) in [5.41, 5.74) is 7.28. The van der Waals surface area contributed by atoms with Crippen molar-refractivity contribution < 1.29 is 17.9 Å². The van der Waals surface area contributed by atoms with E-state index in [-0.39, 0.29) is 10.9 Å². The molecule has 2 fully saturated rings. The van der Waals surface area contributed by atoms with Crippen molar-refractivity contribution in [3.63, 3.8) is 0 Å². The molecule has 2 heterocycles. The molecule has 0 radical (unpaired) electrons. The van der Waals surface area contributed by atoms with Crippen LogP contribution in [0.2, 0.25) is 0 Å². The van der Waals surface area contributed by atoms with Crippen molar-refractivity contribution in [1.82, 2.24) is 9.88 Å². The summed E-state index contributed by atoms with van der Waals surface area (Å²) in [5, 5.41) is 0. The van der Waals surface area contributed by atoms with Crippen LogP contribution in [0.25, 0.3) is 11.3 Å². The third kappa shape index (κ3) is 4.93. The largest absolute Gasteiger partial charge is 0.492 e. The maximum absolute atomic E-state index is 12.2. The fourth-order valence-corrected chi connectivity index (χ4v) is 4.90. The summed E-state index contributed by atoms with van der Waals surface area (Å²) in [6, 6.07) is 10.2. The van der Waals surface area contributed by atoms with Gasteiger partial charge in [-0.2, -0.15) is 4.99 Å². The van der Waals surface area contributed by atoms with Crippen LogP contribution in [0.5, 0.6) is 5.75 Å². The lowest BCUT2D eigenvalue weighted by Gasteiger charge is -2.24. The molecule has 0 bridgehead atoms. The topological polar surface area (TPSA) is 115 Å². The van der Waals surface area contributed by atoms with Crippen LogP contribution in [0, 0.1) is 17.8 Å². The Bertz CT molecular complexity index is 1110. The molecule has 3 atom stereocenters. The zero-order chi connectivity index (χ0) is 22.9. The Morgan fingerprint density at radius 3 is 2.59 bits per heavy atom. The number of amidine groups is 1. The van der Waals surface area contributed by atoms with E-state index >= 15 is 0 Å². The Morgan fingerprint density at radius 1 is 1.22 bits per heavy atom. The number of piperidine rings is 1. The predicted molar refractivity (Wildman–Crippen MR) is 122 cm³/mol. The summed E-state index contributed by atoms with van der Waals surface area (Å²) in [6.07, 6.45) is 4.41. The second kappa shape index (κ2) is 8.90. The number of fused-ring (bicyclic) bond motifs is 1. The van der Waals surface area contributed by atoms with Crippen molar-refractivity contribution in [3.8, 4) is 17.0 Å². The Morgan fingerprint density at radius 2 is 1.97 bits per heavy atom. The average Bonchev–Trinajstić information content (AvgIpc) is 3.49. The molecular formula is C23H28N4O4S. The van der Waals surface area contributed by atoms with Crippen molar-refractivity contribution >= 4 is 21.7 Å². The molecule has 1 aliphatic heterocycles. The molecule has 1 aromatic heterocycles. The van der Waals surface area contributed by atoms with E-state index < -0.39 is 9.84 Å². The summed E-state index contributed by atoms with van der Waals surface area (Å²) >= 11 is 0. The number of aliphatic imine (C=N–C) groups is 1. The highest BCUT2D eigenvalue weighted by Crippen LogP contribution is 2.51. The molecule has 2 aromatic rings. The fraction of sp³-hybridized carbons (Fsp3) is 0.435. The first-order chi connectivity index (χ1) is 15.3. The Hall–Kier alpha value is -2.94. The van der Waals surface area contributed by atoms with Gasteiger partial charge in [-0.05, 0) is 42.5 Å². The van der Waals surface area contributed by atoms with Crippen molar-refractivity contribution in [2.45, 2.75) is 24.7 Å². The number of pyridine rings is 1. The van der Waals surface area contributed by atoms with Crippen LogP contribution >= 0.6 is 0 Å². The van der Waals surface area contributed by atoms with Gasteiger partial charge in [0, 0.05) is 37.2 Å². The molecule has 9 heteroatoms. The summed E-state index contributed by atoms with van der Waals surface area (Å²) in [7, 11) is -3.22. The smallest absolute Gasteiger partial charge is 0.345 e. The first-order valence-electron chi connectivity index (χ1n) is 10.8. The predicted octanol–water partition coefficient (Wildman–Crippen LogP) is 2.99. The summed E-state index contributed by atoms with van der Waals surface area (Å²) in [6.45, 7) is 3.90. The number of hydrogen-bond donors (Lipinski definition) is 1. The Labute approximate surface area is 188 Å². The maximum Gasteiger partial charge on any atom is 0.345 e. The number of likely N-dealkylation sites (tertiary alicyclic amines) is 1. The van der Waals surface area contributed by atoms with E-state index in [4.69, 9.17) is 10.5 Å². The molecule has 3 unspecified atom stereocenters. The number of aromatic nitrogens is 1. The molecule has 8 nitrogen and oxygen atoms in total. The van der Waals surface area contributed by atoms with Gasteiger partial charge in [-0.1, -0.05) is 19.1 Å². The van der Waals surface area contributed by atoms with Crippen LogP contribution in [0.15, 0.2) is 52.5 Å². The number of hydrogen-bond acceptors (Lipinski definition) is 5. The normalized spacial score (nSPS) is 22.9. The van der Waals surface area contributed by atoms with Gasteiger partial charge in [0.25, 0.3) is 0 Å². The van der Waals surface area contributed by atoms with Gasteiger partial charge < -0.3 is 15.4 Å². The van der Waals surface area contributed by atoms with E-state index in [1.807, 2.05) is 19.1 Å². The zero-order valence-electron chi connectivity index (χ0n) is 18.3. The number of sulfone groups is 1. The Balaban J connectivity index is 1.30. The molecular weight excluding hydrogens is 428 g/mol. The zero-order valence-corrected chi connectivity index (χ0v) is 19.1. The highest BCUT2D eigenvalue weighted by molar-refractivity contribution is 7.90. The molecule has 0 spiro atoms. The van der Waals surface area contributed by atoms with Gasteiger partial charge in [-0.15, -0.1) is 0 Å². The third-order valence-corrected chi connectivity index (χ3v) is 7.43. The molecule has 170 valence electrons. The lowest BCUT2D eigenvalue weighted by Crippen LogP contribution is -2.36. The van der Waals surface area contributed by atoms with E-state index in [1.165, 1.54) is 6.26 Å². The van der Waals surface area contributed by atoms with Crippen molar-refractivity contribution in [3.05, 3.63) is 42.6 Å². The number of carbonyl (C=O) groups is 1. The van der Waals surface area contributed by atoms with Crippen molar-refractivity contribution in [1.29, 1.82) is 0 Å². The molecule has 32 heavy (non-hydrogen) atoms. The second-order valence-corrected chi connectivity index (χ2v) is 10.5. The first kappa shape index (κ1) is 22.3. The minimum absolute atomic E-state index is 0.237. The molecule has 1 aromatic carbocycles. The molecule has 1 saturated heterocycles. The van der Waals surface area contributed by atoms with Gasteiger partial charge in [-0.25, -0.2) is 13.2 Å². The van der Waals surface area contributed by atoms with Crippen LogP contribution in [0.3, 0.4) is 0 Å². The monoisotopic (exact) mass is 456 g/mol. The number of carbonyl (C=O) groups excluding carboxylic acids is 1. The lowest BCUT2D eigenvalue weighted by atomic mass is 10.1. The number of urea groups is 1.